The lowest BCUT2D eigenvalue weighted by atomic mass is 9.94. The zero-order valence-corrected chi connectivity index (χ0v) is 17.1. The van der Waals surface area contributed by atoms with Crippen LogP contribution in [0.2, 0.25) is 0 Å². The van der Waals surface area contributed by atoms with Crippen molar-refractivity contribution in [1.29, 1.82) is 0 Å². The minimum absolute atomic E-state index is 0.166. The van der Waals surface area contributed by atoms with E-state index < -0.39 is 12.3 Å². The average Bonchev–Trinajstić information content (AvgIpc) is 3.23. The predicted molar refractivity (Wildman–Crippen MR) is 114 cm³/mol. The van der Waals surface area contributed by atoms with E-state index in [1.54, 1.807) is 30.3 Å². The van der Waals surface area contributed by atoms with Crippen LogP contribution in [0.3, 0.4) is 0 Å². The van der Waals surface area contributed by atoms with Gasteiger partial charge in [-0.05, 0) is 12.0 Å². The molecule has 0 bridgehead atoms. The largest absolute Gasteiger partial charge is 0.372 e. The topological polar surface area (TPSA) is 109 Å². The van der Waals surface area contributed by atoms with Crippen molar-refractivity contribution < 1.29 is 9.90 Å². The molecule has 0 fully saturated rings. The van der Waals surface area contributed by atoms with Gasteiger partial charge in [0.15, 0.2) is 12.0 Å². The molecule has 2 aromatic heterocycles. The predicted octanol–water partition coefficient (Wildman–Crippen LogP) is 1.24. The smallest absolute Gasteiger partial charge is 0.245 e. The number of nitrogens with one attached hydrogen (secondary N) is 1. The van der Waals surface area contributed by atoms with Crippen molar-refractivity contribution in [1.82, 2.24) is 30.3 Å². The van der Waals surface area contributed by atoms with E-state index in [-0.39, 0.29) is 11.8 Å². The summed E-state index contributed by atoms with van der Waals surface area (Å²) in [5, 5.41) is 21.8. The molecule has 1 unspecified atom stereocenters. The highest BCUT2D eigenvalue weighted by Crippen LogP contribution is 2.33. The number of nitrogens with zero attached hydrogens (tertiary/aromatic N) is 6. The van der Waals surface area contributed by atoms with Gasteiger partial charge in [0.2, 0.25) is 5.91 Å². The summed E-state index contributed by atoms with van der Waals surface area (Å²) in [5.74, 6) is 2.75. The molecule has 0 aliphatic carbocycles. The third-order valence-corrected chi connectivity index (χ3v) is 5.31. The number of rotatable bonds is 6. The van der Waals surface area contributed by atoms with E-state index in [0.717, 1.165) is 5.56 Å². The van der Waals surface area contributed by atoms with Gasteiger partial charge >= 0.3 is 0 Å². The molecule has 0 saturated carbocycles. The Balaban J connectivity index is 1.51. The number of amides is 1. The molecule has 158 valence electrons. The molecule has 2 N–H and O–H groups in total. The number of benzene rings is 1. The molecule has 0 radical (unpaired) electrons. The Morgan fingerprint density at radius 2 is 2.06 bits per heavy atom. The summed E-state index contributed by atoms with van der Waals surface area (Å²) < 4.78 is 1.64. The first-order chi connectivity index (χ1) is 15.1. The Bertz CT molecular complexity index is 1090. The highest BCUT2D eigenvalue weighted by Gasteiger charge is 2.36. The number of carbonyl (C=O) groups is 1. The molecule has 31 heavy (non-hydrogen) atoms. The number of aromatic nitrogens is 5. The monoisotopic (exact) mass is 417 g/mol. The van der Waals surface area contributed by atoms with Crippen LogP contribution in [0.1, 0.15) is 41.9 Å². The molecule has 0 spiro atoms. The number of carbonyl (C=O) groups excluding carboxylic acids is 1. The van der Waals surface area contributed by atoms with Crippen molar-refractivity contribution in [3.8, 4) is 12.3 Å². The molecule has 1 amide bonds. The van der Waals surface area contributed by atoms with Crippen molar-refractivity contribution in [3.63, 3.8) is 0 Å². The number of anilines is 1. The van der Waals surface area contributed by atoms with Crippen molar-refractivity contribution in [2.45, 2.75) is 37.6 Å². The standard InChI is InChI=1S/C22H23N7O2/c1-3-7-16-12-17(22(31)28(2)20-19(16)23-10-11-24-20)25-21(30)18-14-29(27-26-18)13-15-8-5-4-6-9-15/h1,4-6,8-11,14,16-17,21,25,30H,7,12-13H2,2H3/t16-,17+,21?/m0/s1. The summed E-state index contributed by atoms with van der Waals surface area (Å²) in [6.45, 7) is 0.530. The first-order valence-corrected chi connectivity index (χ1v) is 9.96. The Kier molecular flexibility index (Phi) is 6.02. The molecule has 1 aromatic carbocycles. The second kappa shape index (κ2) is 9.04. The van der Waals surface area contributed by atoms with Crippen LogP contribution in [-0.4, -0.2) is 49.1 Å². The molecular weight excluding hydrogens is 394 g/mol. The molecule has 3 atom stereocenters. The average molecular weight is 417 g/mol. The molecule has 9 nitrogen and oxygen atoms in total. The number of aliphatic hydroxyl groups excluding tert-OH is 1. The summed E-state index contributed by atoms with van der Waals surface area (Å²) in [6, 6.07) is 9.14. The number of aliphatic hydroxyl groups is 1. The van der Waals surface area contributed by atoms with Crippen LogP contribution in [0.4, 0.5) is 5.82 Å². The Morgan fingerprint density at radius 1 is 1.29 bits per heavy atom. The van der Waals surface area contributed by atoms with E-state index in [1.165, 1.54) is 4.90 Å². The lowest BCUT2D eigenvalue weighted by Crippen LogP contribution is -2.46. The van der Waals surface area contributed by atoms with Crippen LogP contribution in [0, 0.1) is 12.3 Å². The van der Waals surface area contributed by atoms with E-state index in [9.17, 15) is 9.90 Å². The fourth-order valence-electron chi connectivity index (χ4n) is 3.75. The highest BCUT2D eigenvalue weighted by atomic mass is 16.3. The number of fused-ring (bicyclic) bond motifs is 1. The number of terminal acetylenes is 1. The minimum atomic E-state index is -1.17. The normalized spacial score (nSPS) is 19.4. The van der Waals surface area contributed by atoms with Crippen molar-refractivity contribution in [2.75, 3.05) is 11.9 Å². The van der Waals surface area contributed by atoms with E-state index in [4.69, 9.17) is 6.42 Å². The van der Waals surface area contributed by atoms with Gasteiger partial charge < -0.3 is 5.11 Å². The summed E-state index contributed by atoms with van der Waals surface area (Å²) in [6.07, 6.45) is 9.98. The molecule has 9 heteroatoms. The van der Waals surface area contributed by atoms with Gasteiger partial charge in [-0.2, -0.15) is 0 Å². The van der Waals surface area contributed by atoms with E-state index >= 15 is 0 Å². The van der Waals surface area contributed by atoms with Crippen molar-refractivity contribution >= 4 is 11.7 Å². The molecule has 1 aliphatic heterocycles. The van der Waals surface area contributed by atoms with Crippen LogP contribution in [-0.2, 0) is 11.3 Å². The minimum Gasteiger partial charge on any atom is -0.372 e. The van der Waals surface area contributed by atoms with Crippen LogP contribution >= 0.6 is 0 Å². The van der Waals surface area contributed by atoms with Crippen LogP contribution in [0.15, 0.2) is 48.9 Å². The summed E-state index contributed by atoms with van der Waals surface area (Å²) in [4.78, 5) is 23.2. The fraction of sp³-hybridized carbons (Fsp3) is 0.318. The highest BCUT2D eigenvalue weighted by molar-refractivity contribution is 5.97. The first kappa shape index (κ1) is 20.7. The van der Waals surface area contributed by atoms with Crippen LogP contribution in [0.25, 0.3) is 0 Å². The maximum absolute atomic E-state index is 13.1. The zero-order chi connectivity index (χ0) is 21.8. The molecule has 0 saturated heterocycles. The molecule has 4 rings (SSSR count). The molecule has 3 heterocycles. The van der Waals surface area contributed by atoms with Crippen LogP contribution < -0.4 is 10.2 Å². The van der Waals surface area contributed by atoms with E-state index in [0.29, 0.717) is 36.6 Å². The Hall–Kier alpha value is -3.61. The SMILES string of the molecule is C#CC[C@H]1C[C@@H](NC(O)c2cn(Cc3ccccc3)nn2)C(=O)N(C)c2nccnc21. The summed E-state index contributed by atoms with van der Waals surface area (Å²) in [5.41, 5.74) is 2.08. The molecule has 3 aromatic rings. The van der Waals surface area contributed by atoms with Gasteiger partial charge in [-0.15, -0.1) is 17.4 Å². The second-order valence-corrected chi connectivity index (χ2v) is 7.45. The third kappa shape index (κ3) is 4.45. The quantitative estimate of drug-likeness (QED) is 0.459. The summed E-state index contributed by atoms with van der Waals surface area (Å²) >= 11 is 0. The number of likely N-dealkylation sites (N-methyl/N-ethyl adjacent to an activating group) is 1. The van der Waals surface area contributed by atoms with Gasteiger partial charge in [-0.3, -0.25) is 20.0 Å². The summed E-state index contributed by atoms with van der Waals surface area (Å²) in [7, 11) is 1.64. The Labute approximate surface area is 180 Å². The lowest BCUT2D eigenvalue weighted by Gasteiger charge is -2.23. The molecule has 1 aliphatic rings. The zero-order valence-electron chi connectivity index (χ0n) is 17.1. The van der Waals surface area contributed by atoms with Crippen molar-refractivity contribution in [2.24, 2.45) is 0 Å². The lowest BCUT2D eigenvalue weighted by molar-refractivity contribution is -0.121. The second-order valence-electron chi connectivity index (χ2n) is 7.45. The van der Waals surface area contributed by atoms with Gasteiger partial charge in [-0.25, -0.2) is 9.67 Å². The van der Waals surface area contributed by atoms with Gasteiger partial charge in [0.25, 0.3) is 0 Å². The molecular formula is C22H23N7O2. The van der Waals surface area contributed by atoms with Gasteiger partial charge in [0.1, 0.15) is 5.69 Å². The first-order valence-electron chi connectivity index (χ1n) is 9.96. The van der Waals surface area contributed by atoms with Crippen LogP contribution in [0.5, 0.6) is 0 Å². The van der Waals surface area contributed by atoms with Crippen molar-refractivity contribution in [3.05, 3.63) is 65.9 Å². The maximum atomic E-state index is 13.1. The Morgan fingerprint density at radius 3 is 2.84 bits per heavy atom. The van der Waals surface area contributed by atoms with E-state index in [1.807, 2.05) is 30.3 Å². The maximum Gasteiger partial charge on any atom is 0.245 e. The number of hydrogen-bond acceptors (Lipinski definition) is 7. The third-order valence-electron chi connectivity index (χ3n) is 5.31. The van der Waals surface area contributed by atoms with Gasteiger partial charge in [0.05, 0.1) is 24.5 Å². The number of hydrogen-bond donors (Lipinski definition) is 2. The van der Waals surface area contributed by atoms with Gasteiger partial charge in [0, 0.05) is 31.8 Å². The van der Waals surface area contributed by atoms with E-state index in [2.05, 4.69) is 31.5 Å². The van der Waals surface area contributed by atoms with Gasteiger partial charge in [-0.1, -0.05) is 35.5 Å². The fourth-order valence-corrected chi connectivity index (χ4v) is 3.75.